The van der Waals surface area contributed by atoms with Crippen LogP contribution in [0.15, 0.2) is 55.3 Å². The third kappa shape index (κ3) is 2.56. The van der Waals surface area contributed by atoms with Crippen LogP contribution < -0.4 is 0 Å². The van der Waals surface area contributed by atoms with Gasteiger partial charge in [-0.1, -0.05) is 23.8 Å². The molecule has 20 heavy (non-hydrogen) atoms. The van der Waals surface area contributed by atoms with E-state index >= 15 is 0 Å². The monoisotopic (exact) mass is 266 g/mol. The molecule has 0 spiro atoms. The molecular formula is C18H22N2. The molecule has 1 atom stereocenters. The number of hydrogen-bond donors (Lipinski definition) is 0. The largest absolute Gasteiger partial charge is 0.320 e. The molecule has 2 aromatic rings. The maximum atomic E-state index is 3.96. The summed E-state index contributed by atoms with van der Waals surface area (Å²) >= 11 is 0. The van der Waals surface area contributed by atoms with Crippen molar-refractivity contribution in [1.29, 1.82) is 0 Å². The molecule has 2 heteroatoms. The van der Waals surface area contributed by atoms with Gasteiger partial charge in [0.2, 0.25) is 0 Å². The van der Waals surface area contributed by atoms with Gasteiger partial charge in [-0.15, -0.1) is 6.58 Å². The van der Waals surface area contributed by atoms with Crippen molar-refractivity contribution in [2.45, 2.75) is 32.4 Å². The molecule has 2 nitrogen and oxygen atoms in total. The Hall–Kier alpha value is -1.80. The predicted octanol–water partition coefficient (Wildman–Crippen LogP) is 3.94. The second-order valence-electron chi connectivity index (χ2n) is 5.62. The Morgan fingerprint density at radius 3 is 2.80 bits per heavy atom. The number of benzene rings is 1. The molecule has 1 aromatic carbocycles. The molecule has 0 radical (unpaired) electrons. The minimum Gasteiger partial charge on any atom is -0.320 e. The van der Waals surface area contributed by atoms with E-state index in [2.05, 4.69) is 71.6 Å². The summed E-state index contributed by atoms with van der Waals surface area (Å²) in [7, 11) is 0. The minimum absolute atomic E-state index is 0.538. The van der Waals surface area contributed by atoms with E-state index in [1.807, 2.05) is 0 Å². The summed E-state index contributed by atoms with van der Waals surface area (Å²) in [6, 6.07) is 13.6. The van der Waals surface area contributed by atoms with E-state index in [1.54, 1.807) is 0 Å². The van der Waals surface area contributed by atoms with Gasteiger partial charge in [-0.3, -0.25) is 4.90 Å². The molecule has 2 heterocycles. The molecule has 0 aliphatic carbocycles. The molecule has 3 rings (SSSR count). The molecule has 104 valence electrons. The summed E-state index contributed by atoms with van der Waals surface area (Å²) in [5.74, 6) is 0. The minimum atomic E-state index is 0.538. The van der Waals surface area contributed by atoms with E-state index in [4.69, 9.17) is 0 Å². The lowest BCUT2D eigenvalue weighted by Gasteiger charge is -2.22. The van der Waals surface area contributed by atoms with Gasteiger partial charge in [0, 0.05) is 30.2 Å². The zero-order valence-corrected chi connectivity index (χ0v) is 12.1. The Labute approximate surface area is 121 Å². The first-order valence-electron chi connectivity index (χ1n) is 7.38. The van der Waals surface area contributed by atoms with E-state index < -0.39 is 0 Å². The van der Waals surface area contributed by atoms with Gasteiger partial charge in [0.15, 0.2) is 0 Å². The van der Waals surface area contributed by atoms with Crippen molar-refractivity contribution < 1.29 is 0 Å². The lowest BCUT2D eigenvalue weighted by Crippen LogP contribution is -2.27. The van der Waals surface area contributed by atoms with Gasteiger partial charge in [-0.25, -0.2) is 0 Å². The van der Waals surface area contributed by atoms with Crippen LogP contribution in [0.5, 0.6) is 0 Å². The van der Waals surface area contributed by atoms with Crippen LogP contribution in [-0.2, 0) is 6.54 Å². The Bertz CT molecular complexity index is 580. The van der Waals surface area contributed by atoms with Crippen LogP contribution in [0, 0.1) is 6.92 Å². The van der Waals surface area contributed by atoms with Crippen molar-refractivity contribution in [2.75, 3.05) is 6.54 Å². The average Bonchev–Trinajstić information content (AvgIpc) is 3.09. The smallest absolute Gasteiger partial charge is 0.0453 e. The molecule has 0 amide bonds. The fourth-order valence-electron chi connectivity index (χ4n) is 3.03. The van der Waals surface area contributed by atoms with Crippen LogP contribution in [0.1, 0.15) is 24.1 Å². The Morgan fingerprint density at radius 1 is 1.25 bits per heavy atom. The van der Waals surface area contributed by atoms with Crippen LogP contribution in [-0.4, -0.2) is 22.1 Å². The summed E-state index contributed by atoms with van der Waals surface area (Å²) in [5, 5.41) is 0. The fourth-order valence-corrected chi connectivity index (χ4v) is 3.03. The van der Waals surface area contributed by atoms with Crippen molar-refractivity contribution in [3.63, 3.8) is 0 Å². The first-order valence-corrected chi connectivity index (χ1v) is 7.38. The van der Waals surface area contributed by atoms with Crippen LogP contribution in [0.3, 0.4) is 0 Å². The molecule has 0 N–H and O–H groups in total. The van der Waals surface area contributed by atoms with Crippen molar-refractivity contribution in [3.8, 4) is 5.69 Å². The van der Waals surface area contributed by atoms with Crippen molar-refractivity contribution >= 4 is 0 Å². The number of aromatic nitrogens is 1. The molecule has 0 saturated carbocycles. The van der Waals surface area contributed by atoms with Gasteiger partial charge in [0.25, 0.3) is 0 Å². The normalized spacial score (nSPS) is 19.4. The maximum Gasteiger partial charge on any atom is 0.0453 e. The van der Waals surface area contributed by atoms with E-state index in [0.717, 1.165) is 6.54 Å². The zero-order valence-electron chi connectivity index (χ0n) is 12.1. The van der Waals surface area contributed by atoms with Gasteiger partial charge >= 0.3 is 0 Å². The summed E-state index contributed by atoms with van der Waals surface area (Å²) in [4.78, 5) is 2.52. The maximum absolute atomic E-state index is 3.96. The highest BCUT2D eigenvalue weighted by atomic mass is 15.2. The third-order valence-electron chi connectivity index (χ3n) is 4.20. The lowest BCUT2D eigenvalue weighted by molar-refractivity contribution is 0.277. The van der Waals surface area contributed by atoms with Crippen LogP contribution in [0.25, 0.3) is 5.69 Å². The van der Waals surface area contributed by atoms with Crippen LogP contribution >= 0.6 is 0 Å². The van der Waals surface area contributed by atoms with E-state index in [-0.39, 0.29) is 0 Å². The molecule has 0 bridgehead atoms. The fraction of sp³-hybridized carbons (Fsp3) is 0.333. The van der Waals surface area contributed by atoms with Gasteiger partial charge in [0.1, 0.15) is 0 Å². The molecule has 1 aliphatic heterocycles. The van der Waals surface area contributed by atoms with E-state index in [1.165, 1.54) is 36.3 Å². The Kier molecular flexibility index (Phi) is 3.75. The topological polar surface area (TPSA) is 8.17 Å². The van der Waals surface area contributed by atoms with Crippen molar-refractivity contribution in [3.05, 3.63) is 66.5 Å². The number of rotatable bonds is 4. The van der Waals surface area contributed by atoms with Crippen LogP contribution in [0.2, 0.25) is 0 Å². The molecule has 1 saturated heterocycles. The average molecular weight is 266 g/mol. The SMILES string of the molecule is C=CC1CCCN1Cc1cccn1-c1ccc(C)cc1. The van der Waals surface area contributed by atoms with E-state index in [0.29, 0.717) is 6.04 Å². The second-order valence-corrected chi connectivity index (χ2v) is 5.62. The molecule has 1 unspecified atom stereocenters. The Balaban J connectivity index is 1.83. The number of aryl methyl sites for hydroxylation is 1. The highest BCUT2D eigenvalue weighted by Gasteiger charge is 2.22. The van der Waals surface area contributed by atoms with Gasteiger partial charge in [-0.05, 0) is 50.6 Å². The summed E-state index contributed by atoms with van der Waals surface area (Å²) in [5.41, 5.74) is 3.89. The first kappa shape index (κ1) is 13.2. The molecular weight excluding hydrogens is 244 g/mol. The predicted molar refractivity (Wildman–Crippen MR) is 84.1 cm³/mol. The number of nitrogens with zero attached hydrogens (tertiary/aromatic N) is 2. The van der Waals surface area contributed by atoms with Crippen molar-refractivity contribution in [2.24, 2.45) is 0 Å². The number of likely N-dealkylation sites (tertiary alicyclic amines) is 1. The molecule has 1 aliphatic rings. The standard InChI is InChI=1S/C18H22N2/c1-3-16-6-4-12-19(16)14-18-7-5-13-20(18)17-10-8-15(2)9-11-17/h3,5,7-11,13,16H,1,4,6,12,14H2,2H3. The van der Waals surface area contributed by atoms with Crippen LogP contribution in [0.4, 0.5) is 0 Å². The van der Waals surface area contributed by atoms with Gasteiger partial charge in [0.05, 0.1) is 0 Å². The summed E-state index contributed by atoms with van der Waals surface area (Å²) in [6.45, 7) is 8.26. The summed E-state index contributed by atoms with van der Waals surface area (Å²) < 4.78 is 2.29. The quantitative estimate of drug-likeness (QED) is 0.761. The highest BCUT2D eigenvalue weighted by molar-refractivity contribution is 5.37. The second kappa shape index (κ2) is 5.68. The first-order chi connectivity index (χ1) is 9.78. The Morgan fingerprint density at radius 2 is 2.05 bits per heavy atom. The highest BCUT2D eigenvalue weighted by Crippen LogP contribution is 2.22. The van der Waals surface area contributed by atoms with Gasteiger partial charge in [-0.2, -0.15) is 0 Å². The molecule has 1 fully saturated rings. The van der Waals surface area contributed by atoms with E-state index in [9.17, 15) is 0 Å². The van der Waals surface area contributed by atoms with Gasteiger partial charge < -0.3 is 4.57 Å². The lowest BCUT2D eigenvalue weighted by atomic mass is 10.2. The number of hydrogen-bond acceptors (Lipinski definition) is 1. The zero-order chi connectivity index (χ0) is 13.9. The third-order valence-corrected chi connectivity index (χ3v) is 4.20. The summed E-state index contributed by atoms with van der Waals surface area (Å²) in [6.07, 6.45) is 6.77. The molecule has 1 aromatic heterocycles. The van der Waals surface area contributed by atoms with Crippen molar-refractivity contribution in [1.82, 2.24) is 9.47 Å².